The van der Waals surface area contributed by atoms with Gasteiger partial charge in [-0.15, -0.1) is 0 Å². The van der Waals surface area contributed by atoms with Gasteiger partial charge in [0.05, 0.1) is 23.3 Å². The van der Waals surface area contributed by atoms with Crippen LogP contribution < -0.4 is 0 Å². The normalized spacial score (nSPS) is 17.1. The lowest BCUT2D eigenvalue weighted by atomic mass is 9.82. The van der Waals surface area contributed by atoms with Gasteiger partial charge in [-0.3, -0.25) is 0 Å². The molecule has 2 atom stereocenters. The second-order valence-electron chi connectivity index (χ2n) is 22.9. The van der Waals surface area contributed by atoms with Crippen LogP contribution >= 0.6 is 0 Å². The molecule has 2 N–H and O–H groups in total. The summed E-state index contributed by atoms with van der Waals surface area (Å²) in [7, 11) is 0. The van der Waals surface area contributed by atoms with Crippen LogP contribution in [0.4, 0.5) is 290 Å². The summed E-state index contributed by atoms with van der Waals surface area (Å²) >= 11 is 0. The van der Waals surface area contributed by atoms with E-state index in [-0.39, 0.29) is 24.3 Å². The third-order valence-corrected chi connectivity index (χ3v) is 15.0. The molecule has 0 radical (unpaired) electrons. The molecule has 0 bridgehead atoms. The lowest BCUT2D eigenvalue weighted by molar-refractivity contribution is -0.491. The van der Waals surface area contributed by atoms with Crippen molar-refractivity contribution in [3.05, 3.63) is 35.4 Å². The molecule has 118 heavy (non-hydrogen) atoms. The molecular weight excluding hydrogens is 1900 g/mol. The average Bonchev–Trinajstić information content (AvgIpc) is 0.676. The Kier molecular flexibility index (Phi) is 26.9. The minimum atomic E-state index is -10.6. The number of hydrogen-bond acceptors (Lipinski definition) is 6. The number of carbonyl (C=O) groups excluding carboxylic acids is 2. The third-order valence-electron chi connectivity index (χ3n) is 15.0. The van der Waals surface area contributed by atoms with Crippen molar-refractivity contribution >= 4 is 11.9 Å². The fourth-order valence-electron chi connectivity index (χ4n) is 7.85. The number of aliphatic hydroxyl groups excluding tert-OH is 2. The van der Waals surface area contributed by atoms with Gasteiger partial charge in [-0.2, -0.15) is 290 Å². The molecule has 0 amide bonds. The lowest BCUT2D eigenvalue weighted by Crippen LogP contribution is -2.80. The standard InChI is InChI=1S/C46H16F66O6/c47-15(48,17(51,52)19(55,56)21(59,60)23(63,64)25(67,68)27(71,72)29(75,76)31(79,80)33(83,84)35(87,88)37(91,92)39(95,96)41(99,100)43(103,104)45(107,108)109)5-9(113)7-117-13(115)11-3-1-2-4-12(11)14(116)118-8-10(114)6-16(49,50)18(53,54)20(57,58)22(61,62)24(65,66)26(69,70)28(73,74)30(77,78)32(81,82)34(85,86)36(89,90)38(93,94)40(97,98)42(101,102)44(105,106)46(110,111)112/h1-4,9-10,113-114H,5-8H2. The van der Waals surface area contributed by atoms with Crippen LogP contribution in [0.2, 0.25) is 0 Å². The molecular formula is C46H16F66O6. The summed E-state index contributed by atoms with van der Waals surface area (Å²) in [5.74, 6) is -304. The Morgan fingerprint density at radius 1 is 0.203 bits per heavy atom. The molecule has 6 nitrogen and oxygen atoms in total. The van der Waals surface area contributed by atoms with E-state index in [9.17, 15) is 310 Å². The molecule has 1 aromatic carbocycles. The van der Waals surface area contributed by atoms with E-state index in [1.165, 1.54) is 0 Å². The van der Waals surface area contributed by atoms with Crippen molar-refractivity contribution in [3.63, 3.8) is 0 Å². The zero-order valence-electron chi connectivity index (χ0n) is 51.8. The van der Waals surface area contributed by atoms with Gasteiger partial charge < -0.3 is 19.7 Å². The SMILES string of the molecule is O=C(OCC(O)CC(F)(F)C(F)(F)C(F)(F)C(F)(F)C(F)(F)C(F)(F)C(F)(F)C(F)(F)C(F)(F)C(F)(F)C(F)(F)C(F)(F)C(F)(F)C(F)(F)C(F)(F)C(F)(F)F)c1ccccc1C(=O)OCC(O)CC(F)(F)C(F)(F)C(F)(F)C(F)(F)C(F)(F)C(F)(F)C(F)(F)C(F)(F)C(F)(F)C(F)(F)C(F)(F)C(F)(F)C(F)(F)C(F)(F)C(F)(F)C(F)(F)F. The van der Waals surface area contributed by atoms with E-state index in [1.807, 2.05) is 0 Å². The number of hydrogen-bond donors (Lipinski definition) is 2. The van der Waals surface area contributed by atoms with Crippen LogP contribution in [0.1, 0.15) is 33.6 Å². The van der Waals surface area contributed by atoms with Gasteiger partial charge in [-0.05, 0) is 12.1 Å². The summed E-state index contributed by atoms with van der Waals surface area (Å²) in [6, 6.07) is 0.110. The first-order valence-corrected chi connectivity index (χ1v) is 26.6. The highest BCUT2D eigenvalue weighted by Crippen LogP contribution is 2.74. The molecule has 2 unspecified atom stereocenters. The molecule has 0 fully saturated rings. The second-order valence-corrected chi connectivity index (χ2v) is 22.9. The Bertz CT molecular complexity index is 3500. The van der Waals surface area contributed by atoms with Gasteiger partial charge in [-0.25, -0.2) is 9.59 Å². The van der Waals surface area contributed by atoms with E-state index in [0.717, 1.165) is 0 Å². The maximum atomic E-state index is 14.6. The van der Waals surface area contributed by atoms with Crippen molar-refractivity contribution in [1.82, 2.24) is 0 Å². The van der Waals surface area contributed by atoms with Crippen molar-refractivity contribution < 1.29 is 319 Å². The topological polar surface area (TPSA) is 93.1 Å². The summed E-state index contributed by atoms with van der Waals surface area (Å²) in [5, 5.41) is 19.2. The van der Waals surface area contributed by atoms with Crippen molar-refractivity contribution in [3.8, 4) is 0 Å². The number of halogens is 66. The first kappa shape index (κ1) is 109. The summed E-state index contributed by atoms with van der Waals surface area (Å²) in [6.45, 7) is -5.90. The third kappa shape index (κ3) is 14.1. The maximum Gasteiger partial charge on any atom is 0.460 e. The van der Waals surface area contributed by atoms with Gasteiger partial charge >= 0.3 is 202 Å². The second kappa shape index (κ2) is 29.0. The quantitative estimate of drug-likeness (QED) is 0.0506. The van der Waals surface area contributed by atoms with Gasteiger partial charge in [0.2, 0.25) is 0 Å². The summed E-state index contributed by atoms with van der Waals surface area (Å²) in [4.78, 5) is 25.1. The predicted octanol–water partition coefficient (Wildman–Crippen LogP) is 21.7. The van der Waals surface area contributed by atoms with E-state index >= 15 is 0 Å². The first-order chi connectivity index (χ1) is 50.3. The highest BCUT2D eigenvalue weighted by Gasteiger charge is 3.05. The van der Waals surface area contributed by atoms with Crippen molar-refractivity contribution in [2.45, 2.75) is 215 Å². The molecule has 0 saturated carbocycles. The van der Waals surface area contributed by atoms with Crippen molar-refractivity contribution in [2.24, 2.45) is 0 Å². The fourth-order valence-corrected chi connectivity index (χ4v) is 7.85. The van der Waals surface area contributed by atoms with Crippen molar-refractivity contribution in [1.29, 1.82) is 0 Å². The van der Waals surface area contributed by atoms with E-state index in [1.54, 1.807) is 0 Å². The molecule has 0 spiro atoms. The van der Waals surface area contributed by atoms with Crippen LogP contribution in [0, 0.1) is 0 Å². The van der Waals surface area contributed by atoms with Gasteiger partial charge in [0.15, 0.2) is 0 Å². The Balaban J connectivity index is 3.71. The Morgan fingerprint density at radius 3 is 0.432 bits per heavy atom. The highest BCUT2D eigenvalue weighted by atomic mass is 19.5. The molecule has 0 aliphatic rings. The van der Waals surface area contributed by atoms with E-state index in [4.69, 9.17) is 0 Å². The van der Waals surface area contributed by atoms with Crippen LogP contribution in [-0.4, -0.2) is 238 Å². The molecule has 1 aromatic rings. The minimum absolute atomic E-state index is 0.155. The van der Waals surface area contributed by atoms with E-state index < -0.39 is 251 Å². The fraction of sp³-hybridized carbons (Fsp3) is 0.826. The van der Waals surface area contributed by atoms with Crippen LogP contribution in [0.15, 0.2) is 24.3 Å². The predicted molar refractivity (Wildman–Crippen MR) is 229 cm³/mol. The Labute approximate surface area is 595 Å². The molecule has 0 aromatic heterocycles. The van der Waals surface area contributed by atoms with Crippen LogP contribution in [0.25, 0.3) is 0 Å². The monoisotopic (exact) mass is 1920 g/mol. The van der Waals surface area contributed by atoms with Crippen LogP contribution in [0.3, 0.4) is 0 Å². The number of carbonyl (C=O) groups is 2. The number of rotatable bonds is 38. The number of esters is 2. The number of alkyl halides is 66. The molecule has 72 heteroatoms. The maximum absolute atomic E-state index is 14.6. The first-order valence-electron chi connectivity index (χ1n) is 26.6. The molecule has 698 valence electrons. The van der Waals surface area contributed by atoms with Gasteiger partial charge in [0.25, 0.3) is 0 Å². The number of ether oxygens (including phenoxy) is 2. The highest BCUT2D eigenvalue weighted by molar-refractivity contribution is 6.03. The largest absolute Gasteiger partial charge is 0.460 e. The smallest absolute Gasteiger partial charge is 0.459 e. The number of benzene rings is 1. The Morgan fingerprint density at radius 2 is 0.314 bits per heavy atom. The summed E-state index contributed by atoms with van der Waals surface area (Å²) in [5.41, 5.74) is -3.95. The molecule has 0 aliphatic heterocycles. The van der Waals surface area contributed by atoms with E-state index in [0.29, 0.717) is 0 Å². The summed E-state index contributed by atoms with van der Waals surface area (Å²) in [6.07, 6.45) is -34.4. The zero-order valence-corrected chi connectivity index (χ0v) is 51.8. The molecule has 1 rings (SSSR count). The summed E-state index contributed by atoms with van der Waals surface area (Å²) < 4.78 is 928. The van der Waals surface area contributed by atoms with E-state index in [2.05, 4.69) is 9.47 Å². The molecule has 0 heterocycles. The van der Waals surface area contributed by atoms with Gasteiger partial charge in [-0.1, -0.05) is 12.1 Å². The lowest BCUT2D eigenvalue weighted by Gasteiger charge is -2.47. The number of aliphatic hydroxyl groups is 2. The molecule has 0 aliphatic carbocycles. The van der Waals surface area contributed by atoms with Gasteiger partial charge in [0, 0.05) is 12.8 Å². The van der Waals surface area contributed by atoms with Gasteiger partial charge in [0.1, 0.15) is 13.2 Å². The average molecular weight is 1920 g/mol. The minimum Gasteiger partial charge on any atom is -0.459 e. The van der Waals surface area contributed by atoms with Crippen molar-refractivity contribution in [2.75, 3.05) is 13.2 Å². The molecule has 0 saturated heterocycles. The van der Waals surface area contributed by atoms with Crippen LogP contribution in [0.5, 0.6) is 0 Å². The van der Waals surface area contributed by atoms with Crippen LogP contribution in [-0.2, 0) is 9.47 Å². The zero-order chi connectivity index (χ0) is 96.5. The Hall–Kier alpha value is -6.54.